The predicted octanol–water partition coefficient (Wildman–Crippen LogP) is 4.73. The first-order valence-corrected chi connectivity index (χ1v) is 8.09. The van der Waals surface area contributed by atoms with Gasteiger partial charge in [0.05, 0.1) is 0 Å². The van der Waals surface area contributed by atoms with Gasteiger partial charge in [0.1, 0.15) is 5.82 Å². The SMILES string of the molecule is CC(C)C(=O)Nc1ccc(-c2cc3c(cc2Cl)CC(F)(F)C3)cn1. The smallest absolute Gasteiger partial charge is 0.256 e. The number of rotatable bonds is 3. The maximum absolute atomic E-state index is 13.5. The maximum atomic E-state index is 13.5. The summed E-state index contributed by atoms with van der Waals surface area (Å²) in [6.07, 6.45) is 1.06. The standard InChI is InChI=1S/C18H17ClF2N2O/c1-10(2)17(24)23-16-4-3-11(9-22-16)14-5-12-7-18(20,21)8-13(12)6-15(14)19/h3-6,9-10H,7-8H2,1-2H3,(H,22,23,24). The van der Waals surface area contributed by atoms with Crippen molar-refractivity contribution >= 4 is 23.3 Å². The number of pyridine rings is 1. The Bertz CT molecular complexity index is 788. The highest BCUT2D eigenvalue weighted by Gasteiger charge is 2.37. The molecule has 126 valence electrons. The summed E-state index contributed by atoms with van der Waals surface area (Å²) in [6.45, 7) is 3.59. The van der Waals surface area contributed by atoms with Crippen molar-refractivity contribution < 1.29 is 13.6 Å². The van der Waals surface area contributed by atoms with Gasteiger partial charge in [-0.05, 0) is 35.4 Å². The van der Waals surface area contributed by atoms with Gasteiger partial charge in [-0.15, -0.1) is 0 Å². The van der Waals surface area contributed by atoms with E-state index in [9.17, 15) is 13.6 Å². The summed E-state index contributed by atoms with van der Waals surface area (Å²) >= 11 is 6.26. The normalized spacial score (nSPS) is 15.4. The summed E-state index contributed by atoms with van der Waals surface area (Å²) in [4.78, 5) is 15.9. The fourth-order valence-electron chi connectivity index (χ4n) is 2.73. The highest BCUT2D eigenvalue weighted by Crippen LogP contribution is 2.39. The van der Waals surface area contributed by atoms with E-state index in [0.717, 1.165) is 5.56 Å². The summed E-state index contributed by atoms with van der Waals surface area (Å²) in [5.41, 5.74) is 2.61. The van der Waals surface area contributed by atoms with Crippen LogP contribution in [0.4, 0.5) is 14.6 Å². The number of nitrogens with zero attached hydrogens (tertiary/aromatic N) is 1. The Morgan fingerprint density at radius 2 is 1.92 bits per heavy atom. The largest absolute Gasteiger partial charge is 0.310 e. The molecule has 0 atom stereocenters. The van der Waals surface area contributed by atoms with Crippen LogP contribution in [-0.4, -0.2) is 16.8 Å². The summed E-state index contributed by atoms with van der Waals surface area (Å²) in [6, 6.07) is 6.76. The van der Waals surface area contributed by atoms with Crippen LogP contribution < -0.4 is 5.32 Å². The quantitative estimate of drug-likeness (QED) is 0.869. The van der Waals surface area contributed by atoms with E-state index >= 15 is 0 Å². The van der Waals surface area contributed by atoms with Crippen molar-refractivity contribution in [1.29, 1.82) is 0 Å². The maximum Gasteiger partial charge on any atom is 0.256 e. The Labute approximate surface area is 144 Å². The van der Waals surface area contributed by atoms with E-state index in [0.29, 0.717) is 27.5 Å². The number of alkyl halides is 2. The van der Waals surface area contributed by atoms with Gasteiger partial charge in [0.25, 0.3) is 5.92 Å². The van der Waals surface area contributed by atoms with Gasteiger partial charge in [-0.2, -0.15) is 0 Å². The third-order valence-corrected chi connectivity index (χ3v) is 4.35. The van der Waals surface area contributed by atoms with Crippen LogP contribution >= 0.6 is 11.6 Å². The Kier molecular flexibility index (Phi) is 4.30. The van der Waals surface area contributed by atoms with Gasteiger partial charge < -0.3 is 5.32 Å². The molecular weight excluding hydrogens is 334 g/mol. The molecule has 0 saturated carbocycles. The van der Waals surface area contributed by atoms with Crippen molar-refractivity contribution in [2.24, 2.45) is 5.92 Å². The van der Waals surface area contributed by atoms with Crippen LogP contribution in [0.1, 0.15) is 25.0 Å². The molecule has 0 aliphatic heterocycles. The van der Waals surface area contributed by atoms with Crippen LogP contribution in [0.3, 0.4) is 0 Å². The molecule has 0 saturated heterocycles. The lowest BCUT2D eigenvalue weighted by molar-refractivity contribution is -0.118. The van der Waals surface area contributed by atoms with E-state index in [4.69, 9.17) is 11.6 Å². The molecule has 0 radical (unpaired) electrons. The first kappa shape index (κ1) is 16.8. The van der Waals surface area contributed by atoms with Crippen LogP contribution in [0.15, 0.2) is 30.5 Å². The Balaban J connectivity index is 1.87. The van der Waals surface area contributed by atoms with E-state index < -0.39 is 5.92 Å². The molecule has 2 aromatic rings. The number of carbonyl (C=O) groups excluding carboxylic acids is 1. The zero-order valence-corrected chi connectivity index (χ0v) is 14.1. The highest BCUT2D eigenvalue weighted by molar-refractivity contribution is 6.33. The first-order chi connectivity index (χ1) is 11.2. The number of hydrogen-bond acceptors (Lipinski definition) is 2. The first-order valence-electron chi connectivity index (χ1n) is 7.71. The number of hydrogen-bond donors (Lipinski definition) is 1. The molecule has 1 aliphatic rings. The average molecular weight is 351 g/mol. The minimum Gasteiger partial charge on any atom is -0.310 e. The van der Waals surface area contributed by atoms with Crippen LogP contribution in [0.5, 0.6) is 0 Å². The number of halogens is 3. The predicted molar refractivity (Wildman–Crippen MR) is 90.5 cm³/mol. The van der Waals surface area contributed by atoms with Crippen molar-refractivity contribution in [2.45, 2.75) is 32.6 Å². The van der Waals surface area contributed by atoms with Crippen LogP contribution in [0.25, 0.3) is 11.1 Å². The molecular formula is C18H17ClF2N2O. The van der Waals surface area contributed by atoms with Gasteiger partial charge in [-0.25, -0.2) is 13.8 Å². The summed E-state index contributed by atoms with van der Waals surface area (Å²) in [5.74, 6) is -2.51. The Hall–Kier alpha value is -2.01. The highest BCUT2D eigenvalue weighted by atomic mass is 35.5. The van der Waals surface area contributed by atoms with Crippen molar-refractivity contribution in [3.05, 3.63) is 46.6 Å². The number of amides is 1. The second-order valence-electron chi connectivity index (χ2n) is 6.39. The number of carbonyl (C=O) groups is 1. The van der Waals surface area contributed by atoms with E-state index in [1.54, 1.807) is 44.3 Å². The van der Waals surface area contributed by atoms with Crippen molar-refractivity contribution in [3.8, 4) is 11.1 Å². The zero-order valence-electron chi connectivity index (χ0n) is 13.4. The van der Waals surface area contributed by atoms with Crippen molar-refractivity contribution in [1.82, 2.24) is 4.98 Å². The lowest BCUT2D eigenvalue weighted by Crippen LogP contribution is -2.18. The van der Waals surface area contributed by atoms with Gasteiger partial charge in [-0.1, -0.05) is 25.4 Å². The third-order valence-electron chi connectivity index (χ3n) is 4.04. The lowest BCUT2D eigenvalue weighted by atomic mass is 10.0. The minimum absolute atomic E-state index is 0.118. The van der Waals surface area contributed by atoms with E-state index in [2.05, 4.69) is 10.3 Å². The third kappa shape index (κ3) is 3.41. The second kappa shape index (κ2) is 6.13. The number of fused-ring (bicyclic) bond motifs is 1. The van der Waals surface area contributed by atoms with Crippen molar-refractivity contribution in [2.75, 3.05) is 5.32 Å². The van der Waals surface area contributed by atoms with Crippen LogP contribution in [-0.2, 0) is 17.6 Å². The van der Waals surface area contributed by atoms with Gasteiger partial charge in [0, 0.05) is 41.1 Å². The fourth-order valence-corrected chi connectivity index (χ4v) is 3.02. The molecule has 1 heterocycles. The van der Waals surface area contributed by atoms with Gasteiger partial charge >= 0.3 is 0 Å². The topological polar surface area (TPSA) is 42.0 Å². The summed E-state index contributed by atoms with van der Waals surface area (Å²) in [5, 5.41) is 3.13. The Morgan fingerprint density at radius 3 is 2.50 bits per heavy atom. The molecule has 24 heavy (non-hydrogen) atoms. The molecule has 0 spiro atoms. The van der Waals surface area contributed by atoms with Crippen molar-refractivity contribution in [3.63, 3.8) is 0 Å². The van der Waals surface area contributed by atoms with Gasteiger partial charge in [0.15, 0.2) is 0 Å². The average Bonchev–Trinajstić information content (AvgIpc) is 2.80. The molecule has 0 fully saturated rings. The lowest BCUT2D eigenvalue weighted by Gasteiger charge is -2.10. The molecule has 3 nitrogen and oxygen atoms in total. The molecule has 1 N–H and O–H groups in total. The number of benzene rings is 1. The number of aromatic nitrogens is 1. The molecule has 1 aromatic carbocycles. The van der Waals surface area contributed by atoms with E-state index in [1.807, 2.05) is 0 Å². The molecule has 0 bridgehead atoms. The monoisotopic (exact) mass is 350 g/mol. The molecule has 1 amide bonds. The van der Waals surface area contributed by atoms with Gasteiger partial charge in [0.2, 0.25) is 5.91 Å². The zero-order chi connectivity index (χ0) is 17.5. The molecule has 1 aromatic heterocycles. The Morgan fingerprint density at radius 1 is 1.25 bits per heavy atom. The molecule has 6 heteroatoms. The van der Waals surface area contributed by atoms with E-state index in [-0.39, 0.29) is 24.7 Å². The van der Waals surface area contributed by atoms with Crippen LogP contribution in [0, 0.1) is 5.92 Å². The summed E-state index contributed by atoms with van der Waals surface area (Å²) < 4.78 is 27.1. The second-order valence-corrected chi connectivity index (χ2v) is 6.79. The summed E-state index contributed by atoms with van der Waals surface area (Å²) in [7, 11) is 0. The number of anilines is 1. The minimum atomic E-state index is -2.70. The number of nitrogens with one attached hydrogen (secondary N) is 1. The van der Waals surface area contributed by atoms with Gasteiger partial charge in [-0.3, -0.25) is 4.79 Å². The van der Waals surface area contributed by atoms with Crippen LogP contribution in [0.2, 0.25) is 5.02 Å². The fraction of sp³-hybridized carbons (Fsp3) is 0.333. The van der Waals surface area contributed by atoms with E-state index in [1.165, 1.54) is 0 Å². The molecule has 0 unspecified atom stereocenters. The molecule has 1 aliphatic carbocycles. The molecule has 3 rings (SSSR count).